The van der Waals surface area contributed by atoms with Crippen LogP contribution in [0.1, 0.15) is 0 Å². The highest BCUT2D eigenvalue weighted by molar-refractivity contribution is 5.87. The van der Waals surface area contributed by atoms with Gasteiger partial charge < -0.3 is 30.6 Å². The standard InChI is InChI=1S/C17H22N8O/c1-24-7-9-25(10-8-24)13-4-3-12(16(21-13)26-2)20-17-22-14(18)11-5-6-19-15(11)23-17/h3-6H,7-10H2,1-2H3,(H4,18,19,20,22,23). The highest BCUT2D eigenvalue weighted by Crippen LogP contribution is 2.29. The number of methoxy groups -OCH3 is 1. The fourth-order valence-corrected chi connectivity index (χ4v) is 3.03. The molecule has 26 heavy (non-hydrogen) atoms. The molecular formula is C17H22N8O. The van der Waals surface area contributed by atoms with Crippen LogP contribution in [0.5, 0.6) is 5.88 Å². The van der Waals surface area contributed by atoms with Gasteiger partial charge >= 0.3 is 0 Å². The first kappa shape index (κ1) is 16.4. The molecular weight excluding hydrogens is 332 g/mol. The number of nitrogens with two attached hydrogens (primary N) is 1. The number of H-pyrrole nitrogens is 1. The van der Waals surface area contributed by atoms with Gasteiger partial charge in [0.05, 0.1) is 12.5 Å². The maximum Gasteiger partial charge on any atom is 0.239 e. The highest BCUT2D eigenvalue weighted by atomic mass is 16.5. The summed E-state index contributed by atoms with van der Waals surface area (Å²) in [6.45, 7) is 3.94. The third kappa shape index (κ3) is 3.08. The normalized spacial score (nSPS) is 15.4. The number of piperazine rings is 1. The molecule has 0 radical (unpaired) electrons. The summed E-state index contributed by atoms with van der Waals surface area (Å²) in [7, 11) is 3.73. The van der Waals surface area contributed by atoms with E-state index in [4.69, 9.17) is 10.5 Å². The number of fused-ring (bicyclic) bond motifs is 1. The van der Waals surface area contributed by atoms with E-state index in [1.807, 2.05) is 18.2 Å². The van der Waals surface area contributed by atoms with Crippen LogP contribution in [0.2, 0.25) is 0 Å². The van der Waals surface area contributed by atoms with E-state index < -0.39 is 0 Å². The molecule has 1 fully saturated rings. The molecule has 0 aromatic carbocycles. The quantitative estimate of drug-likeness (QED) is 0.646. The second-order valence-electron chi connectivity index (χ2n) is 6.31. The molecule has 4 N–H and O–H groups in total. The molecule has 0 spiro atoms. The summed E-state index contributed by atoms with van der Waals surface area (Å²) in [6, 6.07) is 5.76. The molecule has 0 aliphatic carbocycles. The number of aromatic nitrogens is 4. The summed E-state index contributed by atoms with van der Waals surface area (Å²) in [5.74, 6) is 2.21. The molecule has 0 unspecified atom stereocenters. The van der Waals surface area contributed by atoms with Crippen LogP contribution >= 0.6 is 0 Å². The molecule has 9 nitrogen and oxygen atoms in total. The number of rotatable bonds is 4. The lowest BCUT2D eigenvalue weighted by Gasteiger charge is -2.33. The summed E-state index contributed by atoms with van der Waals surface area (Å²) in [5.41, 5.74) is 7.36. The summed E-state index contributed by atoms with van der Waals surface area (Å²) >= 11 is 0. The number of ether oxygens (including phenoxy) is 1. The van der Waals surface area contributed by atoms with Crippen LogP contribution in [0.3, 0.4) is 0 Å². The number of hydrogen-bond donors (Lipinski definition) is 3. The van der Waals surface area contributed by atoms with Gasteiger partial charge in [-0.1, -0.05) is 0 Å². The number of nitrogen functional groups attached to an aromatic ring is 1. The fraction of sp³-hybridized carbons (Fsp3) is 0.353. The SMILES string of the molecule is COc1nc(N2CCN(C)CC2)ccc1Nc1nc(N)c2cc[nH]c2n1. The predicted molar refractivity (Wildman–Crippen MR) is 102 cm³/mol. The van der Waals surface area contributed by atoms with Gasteiger partial charge in [0.25, 0.3) is 0 Å². The topological polar surface area (TPSA) is 108 Å². The number of likely N-dealkylation sites (N-methyl/N-ethyl adjacent to an activating group) is 1. The number of anilines is 4. The monoisotopic (exact) mass is 354 g/mol. The average molecular weight is 354 g/mol. The van der Waals surface area contributed by atoms with Gasteiger partial charge in [0.1, 0.15) is 23.0 Å². The molecule has 1 aliphatic heterocycles. The lowest BCUT2D eigenvalue weighted by atomic mass is 10.3. The van der Waals surface area contributed by atoms with E-state index >= 15 is 0 Å². The zero-order valence-electron chi connectivity index (χ0n) is 14.9. The van der Waals surface area contributed by atoms with E-state index in [-0.39, 0.29) is 0 Å². The lowest BCUT2D eigenvalue weighted by molar-refractivity contribution is 0.311. The average Bonchev–Trinajstić information content (AvgIpc) is 3.12. The minimum atomic E-state index is 0.393. The van der Waals surface area contributed by atoms with Crippen LogP contribution in [-0.4, -0.2) is 65.2 Å². The van der Waals surface area contributed by atoms with E-state index in [2.05, 4.69) is 42.1 Å². The Kier molecular flexibility index (Phi) is 4.21. The van der Waals surface area contributed by atoms with Crippen LogP contribution < -0.4 is 20.7 Å². The third-order valence-corrected chi connectivity index (χ3v) is 4.56. The first-order chi connectivity index (χ1) is 12.6. The number of hydrogen-bond acceptors (Lipinski definition) is 8. The molecule has 0 saturated carbocycles. The van der Waals surface area contributed by atoms with Gasteiger partial charge in [0.2, 0.25) is 11.8 Å². The minimum Gasteiger partial charge on any atom is -0.479 e. The smallest absolute Gasteiger partial charge is 0.239 e. The van der Waals surface area contributed by atoms with Gasteiger partial charge in [0.15, 0.2) is 0 Å². The molecule has 3 aromatic rings. The van der Waals surface area contributed by atoms with Crippen LogP contribution in [0.25, 0.3) is 11.0 Å². The Balaban J connectivity index is 1.59. The van der Waals surface area contributed by atoms with E-state index in [1.165, 1.54) is 0 Å². The molecule has 136 valence electrons. The van der Waals surface area contributed by atoms with Gasteiger partial charge in [-0.3, -0.25) is 0 Å². The largest absolute Gasteiger partial charge is 0.479 e. The maximum atomic E-state index is 5.99. The molecule has 1 aliphatic rings. The predicted octanol–water partition coefficient (Wildman–Crippen LogP) is 1.44. The molecule has 1 saturated heterocycles. The first-order valence-electron chi connectivity index (χ1n) is 8.50. The number of nitrogens with one attached hydrogen (secondary N) is 2. The van der Waals surface area contributed by atoms with Crippen molar-refractivity contribution in [2.45, 2.75) is 0 Å². The van der Waals surface area contributed by atoms with Gasteiger partial charge in [-0.05, 0) is 25.2 Å². The second kappa shape index (κ2) is 6.68. The Morgan fingerprint density at radius 2 is 1.92 bits per heavy atom. The van der Waals surface area contributed by atoms with Crippen LogP contribution in [-0.2, 0) is 0 Å². The number of aromatic amines is 1. The van der Waals surface area contributed by atoms with Gasteiger partial charge in [-0.2, -0.15) is 15.0 Å². The summed E-state index contributed by atoms with van der Waals surface area (Å²) in [6.07, 6.45) is 1.78. The van der Waals surface area contributed by atoms with Crippen molar-refractivity contribution in [2.24, 2.45) is 0 Å². The Morgan fingerprint density at radius 1 is 1.12 bits per heavy atom. The van der Waals surface area contributed by atoms with Crippen molar-refractivity contribution in [3.05, 3.63) is 24.4 Å². The first-order valence-corrected chi connectivity index (χ1v) is 8.50. The van der Waals surface area contributed by atoms with Crippen molar-refractivity contribution >= 4 is 34.3 Å². The van der Waals surface area contributed by atoms with Gasteiger partial charge in [0, 0.05) is 32.4 Å². The Bertz CT molecular complexity index is 916. The van der Waals surface area contributed by atoms with E-state index in [9.17, 15) is 0 Å². The fourth-order valence-electron chi connectivity index (χ4n) is 3.03. The summed E-state index contributed by atoms with van der Waals surface area (Å²) in [4.78, 5) is 21.0. The van der Waals surface area contributed by atoms with Crippen molar-refractivity contribution in [1.29, 1.82) is 0 Å². The van der Waals surface area contributed by atoms with Crippen LogP contribution in [0.4, 0.5) is 23.3 Å². The zero-order valence-corrected chi connectivity index (χ0v) is 14.9. The number of pyridine rings is 1. The van der Waals surface area contributed by atoms with Crippen molar-refractivity contribution in [3.8, 4) is 5.88 Å². The lowest BCUT2D eigenvalue weighted by Crippen LogP contribution is -2.44. The minimum absolute atomic E-state index is 0.393. The molecule has 0 atom stereocenters. The molecule has 4 heterocycles. The van der Waals surface area contributed by atoms with Crippen molar-refractivity contribution < 1.29 is 4.74 Å². The van der Waals surface area contributed by atoms with Crippen LogP contribution in [0.15, 0.2) is 24.4 Å². The Morgan fingerprint density at radius 3 is 2.69 bits per heavy atom. The Hall–Kier alpha value is -3.07. The van der Waals surface area contributed by atoms with Crippen LogP contribution in [0, 0.1) is 0 Å². The molecule has 3 aromatic heterocycles. The van der Waals surface area contributed by atoms with Crippen molar-refractivity contribution in [3.63, 3.8) is 0 Å². The van der Waals surface area contributed by atoms with E-state index in [1.54, 1.807) is 13.3 Å². The second-order valence-corrected chi connectivity index (χ2v) is 6.31. The Labute approximate surface area is 151 Å². The molecule has 0 bridgehead atoms. The highest BCUT2D eigenvalue weighted by Gasteiger charge is 2.17. The molecule has 9 heteroatoms. The van der Waals surface area contributed by atoms with Crippen molar-refractivity contribution in [1.82, 2.24) is 24.8 Å². The van der Waals surface area contributed by atoms with E-state index in [0.29, 0.717) is 29.0 Å². The van der Waals surface area contributed by atoms with Gasteiger partial charge in [-0.25, -0.2) is 0 Å². The maximum absolute atomic E-state index is 5.99. The van der Waals surface area contributed by atoms with Crippen molar-refractivity contribution in [2.75, 3.05) is 56.3 Å². The van der Waals surface area contributed by atoms with Gasteiger partial charge in [-0.15, -0.1) is 0 Å². The molecule has 4 rings (SSSR count). The van der Waals surface area contributed by atoms with E-state index in [0.717, 1.165) is 37.4 Å². The third-order valence-electron chi connectivity index (χ3n) is 4.56. The zero-order chi connectivity index (χ0) is 18.1. The number of nitrogens with zero attached hydrogens (tertiary/aromatic N) is 5. The summed E-state index contributed by atoms with van der Waals surface area (Å²) < 4.78 is 5.47. The summed E-state index contributed by atoms with van der Waals surface area (Å²) in [5, 5.41) is 3.94. The molecule has 0 amide bonds.